The Labute approximate surface area is 109 Å². The molecule has 1 atom stereocenters. The second-order valence-electron chi connectivity index (χ2n) is 4.89. The third-order valence-corrected chi connectivity index (χ3v) is 3.33. The van der Waals surface area contributed by atoms with E-state index >= 15 is 0 Å². The summed E-state index contributed by atoms with van der Waals surface area (Å²) in [5, 5.41) is 4.28. The number of carbonyl (C=O) groups excluding carboxylic acids is 1. The van der Waals surface area contributed by atoms with Gasteiger partial charge in [-0.2, -0.15) is 5.10 Å². The molecule has 18 heavy (non-hydrogen) atoms. The highest BCUT2D eigenvalue weighted by Gasteiger charge is 2.22. The molecule has 0 saturated carbocycles. The third kappa shape index (κ3) is 2.83. The Morgan fingerprint density at radius 3 is 2.56 bits per heavy atom. The number of nitrogens with zero attached hydrogens (tertiary/aromatic N) is 3. The van der Waals surface area contributed by atoms with Crippen LogP contribution in [-0.2, 0) is 13.5 Å². The molecule has 5 nitrogen and oxygen atoms in total. The quantitative estimate of drug-likeness (QED) is 0.867. The molecule has 1 aromatic rings. The Balaban J connectivity index is 2.93. The van der Waals surface area contributed by atoms with Crippen LogP contribution in [0, 0.1) is 5.92 Å². The van der Waals surface area contributed by atoms with Gasteiger partial charge in [0.15, 0.2) is 0 Å². The van der Waals surface area contributed by atoms with E-state index in [1.807, 2.05) is 14.0 Å². The van der Waals surface area contributed by atoms with Crippen molar-refractivity contribution in [3.05, 3.63) is 11.4 Å². The van der Waals surface area contributed by atoms with Crippen molar-refractivity contribution in [3.8, 4) is 0 Å². The summed E-state index contributed by atoms with van der Waals surface area (Å²) in [6.07, 6.45) is 1.79. The third-order valence-electron chi connectivity index (χ3n) is 3.33. The lowest BCUT2D eigenvalue weighted by molar-refractivity contribution is 0.0765. The zero-order chi connectivity index (χ0) is 13.9. The maximum absolute atomic E-state index is 12.4. The Bertz CT molecular complexity index is 425. The number of nitrogens with two attached hydrogens (primary N) is 1. The van der Waals surface area contributed by atoms with Crippen molar-refractivity contribution in [3.63, 3.8) is 0 Å². The zero-order valence-electron chi connectivity index (χ0n) is 12.0. The second-order valence-corrected chi connectivity index (χ2v) is 4.89. The van der Waals surface area contributed by atoms with Gasteiger partial charge >= 0.3 is 0 Å². The summed E-state index contributed by atoms with van der Waals surface area (Å²) < 4.78 is 1.59. The van der Waals surface area contributed by atoms with Crippen LogP contribution in [0.5, 0.6) is 0 Å². The summed E-state index contributed by atoms with van der Waals surface area (Å²) in [6.45, 7) is 6.97. The van der Waals surface area contributed by atoms with Gasteiger partial charge in [-0.25, -0.2) is 0 Å². The highest BCUT2D eigenvalue weighted by atomic mass is 16.2. The van der Waals surface area contributed by atoms with Crippen molar-refractivity contribution in [1.29, 1.82) is 0 Å². The minimum atomic E-state index is -0.0532. The van der Waals surface area contributed by atoms with E-state index in [9.17, 15) is 4.79 Å². The predicted molar refractivity (Wildman–Crippen MR) is 73.4 cm³/mol. The molecular formula is C13H24N4O. The molecular weight excluding hydrogens is 228 g/mol. The van der Waals surface area contributed by atoms with E-state index in [-0.39, 0.29) is 5.91 Å². The van der Waals surface area contributed by atoms with Crippen molar-refractivity contribution in [1.82, 2.24) is 14.7 Å². The molecule has 0 aliphatic heterocycles. The van der Waals surface area contributed by atoms with Gasteiger partial charge in [0, 0.05) is 20.6 Å². The molecule has 102 valence electrons. The van der Waals surface area contributed by atoms with Crippen LogP contribution in [0.3, 0.4) is 0 Å². The first-order valence-corrected chi connectivity index (χ1v) is 6.49. The van der Waals surface area contributed by atoms with Gasteiger partial charge in [0.2, 0.25) is 0 Å². The number of aromatic nitrogens is 2. The van der Waals surface area contributed by atoms with Crippen molar-refractivity contribution in [2.45, 2.75) is 33.6 Å². The summed E-state index contributed by atoms with van der Waals surface area (Å²) in [6, 6.07) is 0. The van der Waals surface area contributed by atoms with Gasteiger partial charge in [-0.05, 0) is 12.3 Å². The Morgan fingerprint density at radius 2 is 2.11 bits per heavy atom. The van der Waals surface area contributed by atoms with Crippen LogP contribution < -0.4 is 5.73 Å². The predicted octanol–water partition coefficient (Wildman–Crippen LogP) is 1.68. The van der Waals surface area contributed by atoms with Crippen LogP contribution in [0.1, 0.15) is 43.4 Å². The second kappa shape index (κ2) is 5.89. The molecule has 1 aromatic heterocycles. The minimum absolute atomic E-state index is 0.0532. The Kier molecular flexibility index (Phi) is 4.76. The Hall–Kier alpha value is -1.52. The molecule has 1 amide bonds. The molecule has 2 N–H and O–H groups in total. The van der Waals surface area contributed by atoms with Crippen molar-refractivity contribution >= 4 is 11.6 Å². The SMILES string of the molecule is CCc1nn(C)c(C(=O)N(C)CC(C)CC)c1N. The number of nitrogen functional groups attached to an aromatic ring is 1. The maximum atomic E-state index is 12.4. The number of anilines is 1. The van der Waals surface area contributed by atoms with Gasteiger partial charge in [-0.1, -0.05) is 27.2 Å². The lowest BCUT2D eigenvalue weighted by Crippen LogP contribution is -2.32. The molecule has 1 rings (SSSR count). The summed E-state index contributed by atoms with van der Waals surface area (Å²) in [7, 11) is 3.58. The number of aryl methyl sites for hydroxylation is 2. The molecule has 0 radical (unpaired) electrons. The number of amides is 1. The lowest BCUT2D eigenvalue weighted by Gasteiger charge is -2.21. The van der Waals surface area contributed by atoms with E-state index in [2.05, 4.69) is 18.9 Å². The molecule has 1 unspecified atom stereocenters. The molecule has 1 heterocycles. The first-order valence-electron chi connectivity index (χ1n) is 6.49. The largest absolute Gasteiger partial charge is 0.395 e. The lowest BCUT2D eigenvalue weighted by atomic mass is 10.1. The number of carbonyl (C=O) groups is 1. The number of hydrogen-bond donors (Lipinski definition) is 1. The minimum Gasteiger partial charge on any atom is -0.395 e. The van der Waals surface area contributed by atoms with Crippen LogP contribution >= 0.6 is 0 Å². The van der Waals surface area contributed by atoms with E-state index in [4.69, 9.17) is 5.73 Å². The monoisotopic (exact) mass is 252 g/mol. The smallest absolute Gasteiger partial charge is 0.274 e. The average molecular weight is 252 g/mol. The topological polar surface area (TPSA) is 64.2 Å². The summed E-state index contributed by atoms with van der Waals surface area (Å²) in [5.74, 6) is 0.432. The van der Waals surface area contributed by atoms with Crippen molar-refractivity contribution < 1.29 is 4.79 Å². The van der Waals surface area contributed by atoms with E-state index in [0.29, 0.717) is 17.3 Å². The highest BCUT2D eigenvalue weighted by Crippen LogP contribution is 2.19. The average Bonchev–Trinajstić information content (AvgIpc) is 2.63. The maximum Gasteiger partial charge on any atom is 0.274 e. The standard InChI is InChI=1S/C13H24N4O/c1-6-9(3)8-16(4)13(18)12-11(14)10(7-2)15-17(12)5/h9H,6-8,14H2,1-5H3. The van der Waals surface area contributed by atoms with E-state index < -0.39 is 0 Å². The van der Waals surface area contributed by atoms with Crippen LogP contribution in [-0.4, -0.2) is 34.2 Å². The van der Waals surface area contributed by atoms with Crippen molar-refractivity contribution in [2.24, 2.45) is 13.0 Å². The van der Waals surface area contributed by atoms with E-state index in [0.717, 1.165) is 25.1 Å². The van der Waals surface area contributed by atoms with Gasteiger partial charge in [0.25, 0.3) is 5.91 Å². The molecule has 0 aliphatic carbocycles. The summed E-state index contributed by atoms with van der Waals surface area (Å²) >= 11 is 0. The van der Waals surface area contributed by atoms with Gasteiger partial charge in [0.05, 0.1) is 11.4 Å². The fourth-order valence-corrected chi connectivity index (χ4v) is 1.97. The number of rotatable bonds is 5. The van der Waals surface area contributed by atoms with Gasteiger partial charge in [0.1, 0.15) is 5.69 Å². The summed E-state index contributed by atoms with van der Waals surface area (Å²) in [5.41, 5.74) is 7.79. The van der Waals surface area contributed by atoms with Gasteiger partial charge in [-0.15, -0.1) is 0 Å². The zero-order valence-corrected chi connectivity index (χ0v) is 12.0. The highest BCUT2D eigenvalue weighted by molar-refractivity contribution is 5.97. The van der Waals surface area contributed by atoms with Crippen molar-refractivity contribution in [2.75, 3.05) is 19.3 Å². The fourth-order valence-electron chi connectivity index (χ4n) is 1.97. The summed E-state index contributed by atoms with van der Waals surface area (Å²) in [4.78, 5) is 14.1. The molecule has 0 aromatic carbocycles. The molecule has 5 heteroatoms. The fraction of sp³-hybridized carbons (Fsp3) is 0.692. The van der Waals surface area contributed by atoms with Gasteiger partial charge in [-0.3, -0.25) is 9.48 Å². The molecule has 0 aliphatic rings. The van der Waals surface area contributed by atoms with Crippen LogP contribution in [0.2, 0.25) is 0 Å². The molecule has 0 fully saturated rings. The Morgan fingerprint density at radius 1 is 1.50 bits per heavy atom. The number of hydrogen-bond acceptors (Lipinski definition) is 3. The molecule has 0 spiro atoms. The van der Waals surface area contributed by atoms with Crippen LogP contribution in [0.15, 0.2) is 0 Å². The normalized spacial score (nSPS) is 12.5. The van der Waals surface area contributed by atoms with E-state index in [1.54, 1.807) is 16.6 Å². The van der Waals surface area contributed by atoms with Crippen LogP contribution in [0.4, 0.5) is 5.69 Å². The first-order chi connectivity index (χ1) is 8.42. The molecule has 0 bridgehead atoms. The van der Waals surface area contributed by atoms with E-state index in [1.165, 1.54) is 0 Å². The van der Waals surface area contributed by atoms with Crippen LogP contribution in [0.25, 0.3) is 0 Å². The van der Waals surface area contributed by atoms with Gasteiger partial charge < -0.3 is 10.6 Å². The molecule has 0 saturated heterocycles. The first kappa shape index (κ1) is 14.5.